The highest BCUT2D eigenvalue weighted by molar-refractivity contribution is 6.30. The SMILES string of the molecule is CC(C)c1ccc(NCc2cc(Cl)cc3c2OCOC3)cc1. The van der Waals surface area contributed by atoms with E-state index in [4.69, 9.17) is 21.1 Å². The van der Waals surface area contributed by atoms with Crippen molar-refractivity contribution in [3.05, 3.63) is 58.1 Å². The van der Waals surface area contributed by atoms with Gasteiger partial charge in [0, 0.05) is 28.4 Å². The van der Waals surface area contributed by atoms with Crippen molar-refractivity contribution in [2.24, 2.45) is 0 Å². The highest BCUT2D eigenvalue weighted by Crippen LogP contribution is 2.32. The second-order valence-electron chi connectivity index (χ2n) is 5.79. The maximum atomic E-state index is 6.18. The second kappa shape index (κ2) is 6.59. The van der Waals surface area contributed by atoms with Crippen LogP contribution in [0.4, 0.5) is 5.69 Å². The molecule has 1 heterocycles. The third-order valence-corrected chi connectivity index (χ3v) is 4.03. The Kier molecular flexibility index (Phi) is 4.55. The van der Waals surface area contributed by atoms with Crippen LogP contribution in [0.15, 0.2) is 36.4 Å². The molecule has 0 atom stereocenters. The van der Waals surface area contributed by atoms with Crippen LogP contribution in [0, 0.1) is 0 Å². The highest BCUT2D eigenvalue weighted by atomic mass is 35.5. The number of rotatable bonds is 4. The molecular formula is C18H20ClNO2. The number of ether oxygens (including phenoxy) is 2. The molecule has 0 fully saturated rings. The summed E-state index contributed by atoms with van der Waals surface area (Å²) in [6, 6.07) is 12.4. The van der Waals surface area contributed by atoms with Crippen molar-refractivity contribution in [1.29, 1.82) is 0 Å². The Hall–Kier alpha value is -1.71. The summed E-state index contributed by atoms with van der Waals surface area (Å²) in [5.41, 5.74) is 4.49. The third-order valence-electron chi connectivity index (χ3n) is 3.81. The van der Waals surface area contributed by atoms with Crippen molar-refractivity contribution in [3.63, 3.8) is 0 Å². The lowest BCUT2D eigenvalue weighted by Gasteiger charge is -2.21. The number of benzene rings is 2. The maximum Gasteiger partial charge on any atom is 0.189 e. The summed E-state index contributed by atoms with van der Waals surface area (Å²) in [5, 5.41) is 4.13. The number of halogens is 1. The molecule has 116 valence electrons. The van der Waals surface area contributed by atoms with Crippen LogP contribution >= 0.6 is 11.6 Å². The van der Waals surface area contributed by atoms with Gasteiger partial charge in [-0.15, -0.1) is 0 Å². The average Bonchev–Trinajstić information content (AvgIpc) is 2.52. The summed E-state index contributed by atoms with van der Waals surface area (Å²) in [4.78, 5) is 0. The van der Waals surface area contributed by atoms with E-state index in [2.05, 4.69) is 43.4 Å². The molecule has 0 saturated carbocycles. The van der Waals surface area contributed by atoms with E-state index in [0.717, 1.165) is 22.6 Å². The van der Waals surface area contributed by atoms with Gasteiger partial charge >= 0.3 is 0 Å². The lowest BCUT2D eigenvalue weighted by Crippen LogP contribution is -2.14. The molecule has 1 aliphatic rings. The molecule has 0 unspecified atom stereocenters. The zero-order valence-electron chi connectivity index (χ0n) is 12.9. The minimum Gasteiger partial charge on any atom is -0.467 e. The fourth-order valence-corrected chi connectivity index (χ4v) is 2.83. The topological polar surface area (TPSA) is 30.5 Å². The standard InChI is InChI=1S/C18H20ClNO2/c1-12(2)13-3-5-17(6-4-13)20-9-14-7-16(19)8-15-10-21-11-22-18(14)15/h3-8,12,20H,9-11H2,1-2H3. The number of hydrogen-bond donors (Lipinski definition) is 1. The Morgan fingerprint density at radius 2 is 1.95 bits per heavy atom. The van der Waals surface area contributed by atoms with Crippen LogP contribution in [0.25, 0.3) is 0 Å². The molecule has 1 N–H and O–H groups in total. The summed E-state index contributed by atoms with van der Waals surface area (Å²) in [6.07, 6.45) is 0. The lowest BCUT2D eigenvalue weighted by atomic mass is 10.0. The van der Waals surface area contributed by atoms with Gasteiger partial charge in [-0.05, 0) is 35.7 Å². The largest absolute Gasteiger partial charge is 0.467 e. The fraction of sp³-hybridized carbons (Fsp3) is 0.333. The van der Waals surface area contributed by atoms with Crippen molar-refractivity contribution in [1.82, 2.24) is 0 Å². The molecule has 1 aliphatic heterocycles. The molecule has 0 bridgehead atoms. The van der Waals surface area contributed by atoms with Gasteiger partial charge in [0.2, 0.25) is 0 Å². The number of hydrogen-bond acceptors (Lipinski definition) is 3. The van der Waals surface area contributed by atoms with E-state index in [1.54, 1.807) is 0 Å². The van der Waals surface area contributed by atoms with Gasteiger partial charge in [0.25, 0.3) is 0 Å². The third kappa shape index (κ3) is 3.37. The summed E-state index contributed by atoms with van der Waals surface area (Å²) >= 11 is 6.18. The van der Waals surface area contributed by atoms with Crippen molar-refractivity contribution in [2.45, 2.75) is 32.9 Å². The van der Waals surface area contributed by atoms with Crippen LogP contribution in [0.3, 0.4) is 0 Å². The Bertz CT molecular complexity index is 653. The van der Waals surface area contributed by atoms with E-state index >= 15 is 0 Å². The minimum atomic E-state index is 0.296. The van der Waals surface area contributed by atoms with Gasteiger partial charge in [0.05, 0.1) is 6.61 Å². The molecule has 0 aromatic heterocycles. The van der Waals surface area contributed by atoms with Crippen LogP contribution in [-0.2, 0) is 17.9 Å². The number of fused-ring (bicyclic) bond motifs is 1. The maximum absolute atomic E-state index is 6.18. The Balaban J connectivity index is 1.75. The first-order valence-corrected chi connectivity index (χ1v) is 7.87. The van der Waals surface area contributed by atoms with Crippen molar-refractivity contribution in [3.8, 4) is 5.75 Å². The van der Waals surface area contributed by atoms with E-state index in [-0.39, 0.29) is 0 Å². The van der Waals surface area contributed by atoms with Gasteiger partial charge < -0.3 is 14.8 Å². The molecule has 2 aromatic carbocycles. The summed E-state index contributed by atoms with van der Waals surface area (Å²) < 4.78 is 10.9. The first kappa shape index (κ1) is 15.2. The van der Waals surface area contributed by atoms with Gasteiger partial charge in [-0.1, -0.05) is 37.6 Å². The summed E-state index contributed by atoms with van der Waals surface area (Å²) in [7, 11) is 0. The molecule has 0 spiro atoms. The molecule has 0 radical (unpaired) electrons. The van der Waals surface area contributed by atoms with Crippen LogP contribution < -0.4 is 10.1 Å². The molecule has 0 aliphatic carbocycles. The second-order valence-corrected chi connectivity index (χ2v) is 6.23. The van der Waals surface area contributed by atoms with E-state index in [1.165, 1.54) is 5.56 Å². The van der Waals surface area contributed by atoms with Gasteiger partial charge in [0.15, 0.2) is 6.79 Å². The van der Waals surface area contributed by atoms with E-state index in [9.17, 15) is 0 Å². The van der Waals surface area contributed by atoms with Crippen molar-refractivity contribution in [2.75, 3.05) is 12.1 Å². The average molecular weight is 318 g/mol. The van der Waals surface area contributed by atoms with Gasteiger partial charge in [-0.2, -0.15) is 0 Å². The Labute approximate surface area is 136 Å². The zero-order valence-corrected chi connectivity index (χ0v) is 13.6. The molecule has 2 aromatic rings. The zero-order chi connectivity index (χ0) is 15.5. The number of anilines is 1. The predicted molar refractivity (Wildman–Crippen MR) is 89.6 cm³/mol. The Morgan fingerprint density at radius 1 is 1.18 bits per heavy atom. The molecule has 22 heavy (non-hydrogen) atoms. The van der Waals surface area contributed by atoms with Gasteiger partial charge in [0.1, 0.15) is 5.75 Å². The first-order valence-electron chi connectivity index (χ1n) is 7.49. The van der Waals surface area contributed by atoms with Crippen molar-refractivity contribution >= 4 is 17.3 Å². The Morgan fingerprint density at radius 3 is 2.68 bits per heavy atom. The van der Waals surface area contributed by atoms with E-state index < -0.39 is 0 Å². The smallest absolute Gasteiger partial charge is 0.189 e. The molecule has 3 rings (SSSR count). The molecule has 4 heteroatoms. The van der Waals surface area contributed by atoms with Crippen molar-refractivity contribution < 1.29 is 9.47 Å². The van der Waals surface area contributed by atoms with Crippen LogP contribution in [0.5, 0.6) is 5.75 Å². The fourth-order valence-electron chi connectivity index (χ4n) is 2.57. The summed E-state index contributed by atoms with van der Waals surface area (Å²) in [5.74, 6) is 1.43. The molecule has 0 amide bonds. The number of nitrogens with one attached hydrogen (secondary N) is 1. The molecule has 0 saturated heterocycles. The monoisotopic (exact) mass is 317 g/mol. The van der Waals surface area contributed by atoms with E-state index in [0.29, 0.717) is 30.9 Å². The van der Waals surface area contributed by atoms with Gasteiger partial charge in [-0.25, -0.2) is 0 Å². The summed E-state index contributed by atoms with van der Waals surface area (Å²) in [6.45, 7) is 5.90. The molecular weight excluding hydrogens is 298 g/mol. The van der Waals surface area contributed by atoms with E-state index in [1.807, 2.05) is 12.1 Å². The molecule has 3 nitrogen and oxygen atoms in total. The predicted octanol–water partition coefficient (Wildman–Crippen LogP) is 4.94. The van der Waals surface area contributed by atoms with Crippen LogP contribution in [0.2, 0.25) is 5.02 Å². The lowest BCUT2D eigenvalue weighted by molar-refractivity contribution is -0.0169. The van der Waals surface area contributed by atoms with Crippen LogP contribution in [0.1, 0.15) is 36.5 Å². The highest BCUT2D eigenvalue weighted by Gasteiger charge is 2.16. The minimum absolute atomic E-state index is 0.296. The van der Waals surface area contributed by atoms with Crippen LogP contribution in [-0.4, -0.2) is 6.79 Å². The van der Waals surface area contributed by atoms with Gasteiger partial charge in [-0.3, -0.25) is 0 Å². The quantitative estimate of drug-likeness (QED) is 0.866. The normalized spacial score (nSPS) is 13.6. The first-order chi connectivity index (χ1) is 10.6.